The molecule has 0 saturated carbocycles. The molecular weight excluding hydrogens is 745 g/mol. The van der Waals surface area contributed by atoms with E-state index in [4.69, 9.17) is 15.0 Å². The molecular formula is C53H31F2N5. The van der Waals surface area contributed by atoms with E-state index in [1.54, 1.807) is 12.1 Å². The third-order valence-electron chi connectivity index (χ3n) is 11.6. The van der Waals surface area contributed by atoms with E-state index in [1.807, 2.05) is 48.5 Å². The van der Waals surface area contributed by atoms with Crippen LogP contribution in [0.4, 0.5) is 8.78 Å². The zero-order chi connectivity index (χ0) is 39.9. The lowest BCUT2D eigenvalue weighted by molar-refractivity contribution is 0.629. The summed E-state index contributed by atoms with van der Waals surface area (Å²) in [6.45, 7) is 0. The summed E-state index contributed by atoms with van der Waals surface area (Å²) < 4.78 is 32.8. The first kappa shape index (κ1) is 34.0. The van der Waals surface area contributed by atoms with Crippen molar-refractivity contribution in [2.24, 2.45) is 0 Å². The predicted octanol–water partition coefficient (Wildman–Crippen LogP) is 13.7. The molecule has 0 spiro atoms. The van der Waals surface area contributed by atoms with Crippen LogP contribution in [0, 0.1) is 11.6 Å². The highest BCUT2D eigenvalue weighted by atomic mass is 19.1. The summed E-state index contributed by atoms with van der Waals surface area (Å²) in [6, 6.07) is 61.8. The third-order valence-corrected chi connectivity index (χ3v) is 11.6. The van der Waals surface area contributed by atoms with Gasteiger partial charge in [-0.05, 0) is 112 Å². The van der Waals surface area contributed by atoms with Gasteiger partial charge >= 0.3 is 0 Å². The number of fused-ring (bicyclic) bond motifs is 8. The Morgan fingerprint density at radius 2 is 0.800 bits per heavy atom. The minimum atomic E-state index is -0.291. The molecule has 282 valence electrons. The van der Waals surface area contributed by atoms with Crippen LogP contribution in [0.5, 0.6) is 0 Å². The molecule has 9 aromatic carbocycles. The van der Waals surface area contributed by atoms with Crippen LogP contribution < -0.4 is 0 Å². The zero-order valence-corrected chi connectivity index (χ0v) is 31.9. The molecule has 0 unspecified atom stereocenters. The van der Waals surface area contributed by atoms with Crippen LogP contribution in [0.1, 0.15) is 0 Å². The SMILES string of the molecule is Fc1ccc2cc(-c3nc(-c4ccc5cc(F)ccc5c4)nc(-n4c5ccccc5c5ccc(-c6ccc7c(c6)c6ccccc6n7-c6ccccc6)cc54)n3)ccc2c1. The molecule has 0 saturated heterocycles. The van der Waals surface area contributed by atoms with Gasteiger partial charge in [-0.25, -0.2) is 13.8 Å². The summed E-state index contributed by atoms with van der Waals surface area (Å²) in [5.41, 5.74) is 9.02. The van der Waals surface area contributed by atoms with Crippen molar-refractivity contribution in [3.8, 4) is 45.5 Å². The molecule has 3 heterocycles. The van der Waals surface area contributed by atoms with Gasteiger partial charge in [-0.15, -0.1) is 0 Å². The van der Waals surface area contributed by atoms with E-state index >= 15 is 0 Å². The van der Waals surface area contributed by atoms with Gasteiger partial charge in [0.1, 0.15) is 11.6 Å². The summed E-state index contributed by atoms with van der Waals surface area (Å²) >= 11 is 0. The predicted molar refractivity (Wildman–Crippen MR) is 240 cm³/mol. The second-order valence-corrected chi connectivity index (χ2v) is 15.2. The first-order valence-electron chi connectivity index (χ1n) is 19.8. The summed E-state index contributed by atoms with van der Waals surface area (Å²) in [7, 11) is 0. The maximum atomic E-state index is 14.2. The van der Waals surface area contributed by atoms with Gasteiger partial charge in [-0.2, -0.15) is 9.97 Å². The average molecular weight is 776 g/mol. The van der Waals surface area contributed by atoms with Crippen LogP contribution in [-0.2, 0) is 0 Å². The highest BCUT2D eigenvalue weighted by Gasteiger charge is 2.20. The van der Waals surface area contributed by atoms with Crippen molar-refractivity contribution >= 4 is 65.2 Å². The normalized spacial score (nSPS) is 11.8. The molecule has 0 fully saturated rings. The van der Waals surface area contributed by atoms with E-state index in [9.17, 15) is 8.78 Å². The Morgan fingerprint density at radius 1 is 0.317 bits per heavy atom. The maximum Gasteiger partial charge on any atom is 0.238 e. The minimum Gasteiger partial charge on any atom is -0.309 e. The molecule has 0 aliphatic heterocycles. The number of hydrogen-bond acceptors (Lipinski definition) is 3. The number of halogens is 2. The van der Waals surface area contributed by atoms with Gasteiger partial charge in [0.2, 0.25) is 5.95 Å². The van der Waals surface area contributed by atoms with Crippen molar-refractivity contribution in [1.29, 1.82) is 0 Å². The Kier molecular flexibility index (Phi) is 7.53. The molecule has 12 aromatic rings. The second kappa shape index (κ2) is 13.3. The third kappa shape index (κ3) is 5.47. The first-order valence-corrected chi connectivity index (χ1v) is 19.8. The molecule has 0 atom stereocenters. The number of aromatic nitrogens is 5. The lowest BCUT2D eigenvalue weighted by atomic mass is 10.0. The second-order valence-electron chi connectivity index (χ2n) is 15.2. The van der Waals surface area contributed by atoms with Crippen LogP contribution in [-0.4, -0.2) is 24.1 Å². The van der Waals surface area contributed by atoms with E-state index < -0.39 is 0 Å². The van der Waals surface area contributed by atoms with Gasteiger partial charge in [0.05, 0.1) is 22.1 Å². The molecule has 60 heavy (non-hydrogen) atoms. The molecule has 3 aromatic heterocycles. The highest BCUT2D eigenvalue weighted by Crippen LogP contribution is 2.38. The van der Waals surface area contributed by atoms with E-state index in [-0.39, 0.29) is 11.6 Å². The van der Waals surface area contributed by atoms with Crippen molar-refractivity contribution in [2.75, 3.05) is 0 Å². The summed E-state index contributed by atoms with van der Waals surface area (Å²) in [4.78, 5) is 15.4. The van der Waals surface area contributed by atoms with Crippen molar-refractivity contribution in [3.63, 3.8) is 0 Å². The maximum absolute atomic E-state index is 14.2. The van der Waals surface area contributed by atoms with E-state index in [2.05, 4.69) is 112 Å². The lowest BCUT2D eigenvalue weighted by Gasteiger charge is -2.12. The molecule has 0 radical (unpaired) electrons. The van der Waals surface area contributed by atoms with Gasteiger partial charge < -0.3 is 4.57 Å². The van der Waals surface area contributed by atoms with Gasteiger partial charge in [-0.1, -0.05) is 109 Å². The Labute approximate surface area is 342 Å². The largest absolute Gasteiger partial charge is 0.309 e. The number of hydrogen-bond donors (Lipinski definition) is 0. The number of benzene rings is 9. The summed E-state index contributed by atoms with van der Waals surface area (Å²) in [5.74, 6) is 0.824. The average Bonchev–Trinajstić information content (AvgIpc) is 3.81. The minimum absolute atomic E-state index is 0.291. The van der Waals surface area contributed by atoms with Crippen LogP contribution in [0.25, 0.3) is 111 Å². The molecule has 5 nitrogen and oxygen atoms in total. The number of nitrogens with zero attached hydrogens (tertiary/aromatic N) is 5. The van der Waals surface area contributed by atoms with Gasteiger partial charge in [0.25, 0.3) is 0 Å². The summed E-state index contributed by atoms with van der Waals surface area (Å²) in [6.07, 6.45) is 0. The Bertz CT molecular complexity index is 3600. The quantitative estimate of drug-likeness (QED) is 0.175. The van der Waals surface area contributed by atoms with E-state index in [0.717, 1.165) is 82.3 Å². The molecule has 0 bridgehead atoms. The monoisotopic (exact) mass is 775 g/mol. The Morgan fingerprint density at radius 3 is 1.47 bits per heavy atom. The van der Waals surface area contributed by atoms with Crippen molar-refractivity contribution in [1.82, 2.24) is 24.1 Å². The number of rotatable bonds is 5. The van der Waals surface area contributed by atoms with E-state index in [1.165, 1.54) is 35.0 Å². The fraction of sp³-hybridized carbons (Fsp3) is 0. The lowest BCUT2D eigenvalue weighted by Crippen LogP contribution is -2.06. The molecule has 0 amide bonds. The van der Waals surface area contributed by atoms with E-state index in [0.29, 0.717) is 17.6 Å². The van der Waals surface area contributed by atoms with Crippen LogP contribution in [0.3, 0.4) is 0 Å². The number of para-hydroxylation sites is 3. The Hall–Kier alpha value is -8.03. The smallest absolute Gasteiger partial charge is 0.238 e. The molecule has 0 N–H and O–H groups in total. The highest BCUT2D eigenvalue weighted by molar-refractivity contribution is 6.12. The summed E-state index contributed by atoms with van der Waals surface area (Å²) in [5, 5.41) is 7.82. The molecule has 7 heteroatoms. The topological polar surface area (TPSA) is 48.5 Å². The molecule has 0 aliphatic rings. The van der Waals surface area contributed by atoms with Crippen LogP contribution in [0.15, 0.2) is 188 Å². The Balaban J connectivity index is 1.08. The van der Waals surface area contributed by atoms with Crippen LogP contribution >= 0.6 is 0 Å². The standard InChI is InChI=1S/C53H31F2N5/c54-40-22-18-32-26-38(16-14-34(32)28-40)51-56-52(39-17-15-35-29-41(55)23-19-33(35)27-39)58-53(57-51)60-48-13-7-4-10-43(48)45-24-20-37(31-50(45)60)36-21-25-49-46(30-36)44-11-5-6-12-47(44)59(49)42-8-2-1-3-9-42/h1-31H. The molecule has 12 rings (SSSR count). The van der Waals surface area contributed by atoms with Gasteiger partial charge in [-0.3, -0.25) is 4.57 Å². The van der Waals surface area contributed by atoms with Crippen molar-refractivity contribution < 1.29 is 8.78 Å². The van der Waals surface area contributed by atoms with Crippen molar-refractivity contribution in [2.45, 2.75) is 0 Å². The fourth-order valence-electron chi connectivity index (χ4n) is 8.81. The molecule has 0 aliphatic carbocycles. The zero-order valence-electron chi connectivity index (χ0n) is 31.9. The van der Waals surface area contributed by atoms with Crippen LogP contribution in [0.2, 0.25) is 0 Å². The first-order chi connectivity index (χ1) is 29.5. The van der Waals surface area contributed by atoms with Gasteiger partial charge in [0.15, 0.2) is 11.6 Å². The van der Waals surface area contributed by atoms with Gasteiger partial charge in [0, 0.05) is 38.4 Å². The van der Waals surface area contributed by atoms with Crippen molar-refractivity contribution in [3.05, 3.63) is 200 Å². The fourth-order valence-corrected chi connectivity index (χ4v) is 8.81.